The lowest BCUT2D eigenvalue weighted by Crippen LogP contribution is -2.35. The van der Waals surface area contributed by atoms with Gasteiger partial charge in [0, 0.05) is 26.5 Å². The van der Waals surface area contributed by atoms with Gasteiger partial charge in [0.05, 0.1) is 25.9 Å². The van der Waals surface area contributed by atoms with Crippen LogP contribution in [0.4, 0.5) is 0 Å². The third kappa shape index (κ3) is 6.65. The maximum absolute atomic E-state index is 9.01. The summed E-state index contributed by atoms with van der Waals surface area (Å²) in [4.78, 5) is 3.48. The first-order valence-electron chi connectivity index (χ1n) is 10.5. The van der Waals surface area contributed by atoms with Crippen LogP contribution >= 0.6 is 34.0 Å². The predicted octanol–water partition coefficient (Wildman–Crippen LogP) is 4.12. The Balaban J connectivity index is 0.000000126. The number of hydrogen-bond donors (Lipinski definition) is 3. The molecule has 0 saturated carbocycles. The van der Waals surface area contributed by atoms with Gasteiger partial charge in [-0.05, 0) is 52.5 Å². The molecule has 6 aromatic rings. The van der Waals surface area contributed by atoms with Gasteiger partial charge in [-0.25, -0.2) is 0 Å². The zero-order valence-corrected chi connectivity index (χ0v) is 21.5. The monoisotopic (exact) mass is 522 g/mol. The Bertz CT molecular complexity index is 1360. The van der Waals surface area contributed by atoms with Crippen LogP contribution in [0.25, 0.3) is 31.7 Å². The molecular formula is C23H23BN6O2S3. The molecule has 178 valence electrons. The summed E-state index contributed by atoms with van der Waals surface area (Å²) >= 11 is 4.99. The zero-order chi connectivity index (χ0) is 24.6. The van der Waals surface area contributed by atoms with Crippen molar-refractivity contribution in [1.29, 1.82) is 0 Å². The smallest absolute Gasteiger partial charge is 0.422 e. The fourth-order valence-electron chi connectivity index (χ4n) is 3.06. The molecule has 3 N–H and O–H groups in total. The minimum atomic E-state index is -1.47. The summed E-state index contributed by atoms with van der Waals surface area (Å²) < 4.78 is 3.29. The largest absolute Gasteiger partial charge is 0.507 e. The highest BCUT2D eigenvalue weighted by atomic mass is 32.1. The van der Waals surface area contributed by atoms with E-state index >= 15 is 0 Å². The van der Waals surface area contributed by atoms with Gasteiger partial charge in [-0.1, -0.05) is 18.2 Å². The van der Waals surface area contributed by atoms with Crippen molar-refractivity contribution in [3.8, 4) is 31.7 Å². The number of H-pyrrole nitrogens is 1. The molecule has 0 radical (unpaired) electrons. The molecule has 0 aromatic carbocycles. The Labute approximate surface area is 214 Å². The quantitative estimate of drug-likeness (QED) is 0.302. The SMILES string of the molecule is Cn1ccc(-c2cccs2)n1.Cn1nc(-c2cccs2)cc1B(O)O.c1csc(-c2ccn[nH]2)c1. The Morgan fingerprint density at radius 3 is 1.89 bits per heavy atom. The number of aryl methyl sites for hydroxylation is 2. The van der Waals surface area contributed by atoms with Gasteiger partial charge in [0.25, 0.3) is 0 Å². The van der Waals surface area contributed by atoms with Gasteiger partial charge in [-0.15, -0.1) is 34.0 Å². The van der Waals surface area contributed by atoms with E-state index in [1.165, 1.54) is 14.4 Å². The normalized spacial score (nSPS) is 10.3. The van der Waals surface area contributed by atoms with Crippen LogP contribution in [0, 0.1) is 0 Å². The van der Waals surface area contributed by atoms with Gasteiger partial charge in [0.2, 0.25) is 0 Å². The van der Waals surface area contributed by atoms with E-state index in [0.717, 1.165) is 22.0 Å². The molecule has 6 rings (SSSR count). The first-order valence-corrected chi connectivity index (χ1v) is 13.2. The molecule has 0 unspecified atom stereocenters. The summed E-state index contributed by atoms with van der Waals surface area (Å²) in [6.07, 6.45) is 3.71. The fourth-order valence-corrected chi connectivity index (χ4v) is 5.14. The minimum Gasteiger partial charge on any atom is -0.422 e. The minimum absolute atomic E-state index is 0.397. The van der Waals surface area contributed by atoms with Crippen molar-refractivity contribution in [2.24, 2.45) is 14.1 Å². The molecule has 12 heteroatoms. The highest BCUT2D eigenvalue weighted by Gasteiger charge is 2.18. The molecule has 0 fully saturated rings. The summed E-state index contributed by atoms with van der Waals surface area (Å²) in [6, 6.07) is 17.7. The Morgan fingerprint density at radius 1 is 0.800 bits per heavy atom. The topological polar surface area (TPSA) is 105 Å². The molecule has 8 nitrogen and oxygen atoms in total. The number of nitrogens with one attached hydrogen (secondary N) is 1. The van der Waals surface area contributed by atoms with E-state index in [1.54, 1.807) is 53.3 Å². The van der Waals surface area contributed by atoms with Crippen molar-refractivity contribution in [3.05, 3.63) is 83.1 Å². The summed E-state index contributed by atoms with van der Waals surface area (Å²) in [6.45, 7) is 0. The second kappa shape index (κ2) is 11.9. The molecule has 6 heterocycles. The molecular weight excluding hydrogens is 499 g/mol. The van der Waals surface area contributed by atoms with Crippen molar-refractivity contribution >= 4 is 46.7 Å². The van der Waals surface area contributed by atoms with Gasteiger partial charge >= 0.3 is 7.12 Å². The number of nitrogens with zero attached hydrogens (tertiary/aromatic N) is 5. The maximum Gasteiger partial charge on any atom is 0.507 e. The second-order valence-electron chi connectivity index (χ2n) is 7.23. The van der Waals surface area contributed by atoms with Crippen LogP contribution in [0.3, 0.4) is 0 Å². The standard InChI is InChI=1S/C8H9BN2O2S.C8H8N2S.C7H6N2S/c1-11-8(9(12)13)5-6(10-11)7-3-2-4-14-7;1-10-5-4-7(9-10)8-3-2-6-11-8;1-2-7(10-5-1)6-3-4-8-9-6/h2-5,12-13H,1H3;2-6H,1H3;1-5H,(H,8,9). The number of aromatic amines is 1. The Morgan fingerprint density at radius 2 is 1.43 bits per heavy atom. The van der Waals surface area contributed by atoms with Crippen LogP contribution in [0.2, 0.25) is 0 Å². The number of aromatic nitrogens is 6. The van der Waals surface area contributed by atoms with Crippen molar-refractivity contribution in [3.63, 3.8) is 0 Å². The molecule has 0 aliphatic carbocycles. The first kappa shape index (κ1) is 24.8. The van der Waals surface area contributed by atoms with E-state index in [4.69, 9.17) is 10.0 Å². The second-order valence-corrected chi connectivity index (χ2v) is 10.1. The summed E-state index contributed by atoms with van der Waals surface area (Å²) in [5.41, 5.74) is 3.32. The average Bonchev–Trinajstić information content (AvgIpc) is 3.65. The van der Waals surface area contributed by atoms with Gasteiger partial charge in [-0.2, -0.15) is 15.3 Å². The van der Waals surface area contributed by atoms with Crippen molar-refractivity contribution in [1.82, 2.24) is 29.8 Å². The van der Waals surface area contributed by atoms with Gasteiger partial charge < -0.3 is 10.0 Å². The van der Waals surface area contributed by atoms with Crippen LogP contribution in [0.5, 0.6) is 0 Å². The van der Waals surface area contributed by atoms with Crippen LogP contribution < -0.4 is 5.59 Å². The van der Waals surface area contributed by atoms with Crippen molar-refractivity contribution in [2.75, 3.05) is 0 Å². The summed E-state index contributed by atoms with van der Waals surface area (Å²) in [7, 11) is 2.14. The lowest BCUT2D eigenvalue weighted by molar-refractivity contribution is 0.421. The molecule has 0 amide bonds. The lowest BCUT2D eigenvalue weighted by atomic mass is 9.86. The third-order valence-corrected chi connectivity index (χ3v) is 7.42. The molecule has 0 aliphatic heterocycles. The van der Waals surface area contributed by atoms with Gasteiger partial charge in [0.15, 0.2) is 0 Å². The van der Waals surface area contributed by atoms with E-state index in [2.05, 4.69) is 43.3 Å². The average molecular weight is 522 g/mol. The lowest BCUT2D eigenvalue weighted by Gasteiger charge is -1.96. The van der Waals surface area contributed by atoms with E-state index in [0.29, 0.717) is 5.59 Å². The molecule has 0 aliphatic rings. The number of thiophene rings is 3. The Hall–Kier alpha value is -3.29. The van der Waals surface area contributed by atoms with Gasteiger partial charge in [0.1, 0.15) is 11.4 Å². The van der Waals surface area contributed by atoms with Crippen LogP contribution in [-0.4, -0.2) is 46.9 Å². The molecule has 0 spiro atoms. The van der Waals surface area contributed by atoms with E-state index < -0.39 is 7.12 Å². The highest BCUT2D eigenvalue weighted by Crippen LogP contribution is 2.23. The molecule has 35 heavy (non-hydrogen) atoms. The molecule has 0 saturated heterocycles. The summed E-state index contributed by atoms with van der Waals surface area (Å²) in [5, 5.41) is 39.3. The van der Waals surface area contributed by atoms with Crippen molar-refractivity contribution < 1.29 is 10.0 Å². The molecule has 6 aromatic heterocycles. The predicted molar refractivity (Wildman–Crippen MR) is 145 cm³/mol. The fraction of sp³-hybridized carbons (Fsp3) is 0.0870. The van der Waals surface area contributed by atoms with Crippen LogP contribution in [-0.2, 0) is 14.1 Å². The molecule has 0 atom stereocenters. The van der Waals surface area contributed by atoms with Crippen LogP contribution in [0.15, 0.2) is 83.1 Å². The third-order valence-electron chi connectivity index (χ3n) is 4.73. The molecule has 0 bridgehead atoms. The zero-order valence-electron chi connectivity index (χ0n) is 19.0. The van der Waals surface area contributed by atoms with E-state index in [9.17, 15) is 0 Å². The van der Waals surface area contributed by atoms with E-state index in [1.807, 2.05) is 59.7 Å². The maximum atomic E-state index is 9.01. The number of hydrogen-bond acceptors (Lipinski definition) is 8. The highest BCUT2D eigenvalue weighted by molar-refractivity contribution is 7.14. The van der Waals surface area contributed by atoms with Gasteiger partial charge in [-0.3, -0.25) is 14.5 Å². The van der Waals surface area contributed by atoms with Crippen molar-refractivity contribution in [2.45, 2.75) is 0 Å². The Kier molecular flexibility index (Phi) is 8.45. The van der Waals surface area contributed by atoms with Crippen LogP contribution in [0.1, 0.15) is 0 Å². The summed E-state index contributed by atoms with van der Waals surface area (Å²) in [5.74, 6) is 0. The number of rotatable bonds is 4. The first-order chi connectivity index (χ1) is 17.0. The van der Waals surface area contributed by atoms with E-state index in [-0.39, 0.29) is 0 Å².